The van der Waals surface area contributed by atoms with Crippen LogP contribution < -0.4 is 11.1 Å². The van der Waals surface area contributed by atoms with E-state index in [-0.39, 0.29) is 12.6 Å². The molecule has 1 aromatic heterocycles. The van der Waals surface area contributed by atoms with Gasteiger partial charge in [0, 0.05) is 6.54 Å². The summed E-state index contributed by atoms with van der Waals surface area (Å²) in [5, 5.41) is 2.82. The van der Waals surface area contributed by atoms with E-state index >= 15 is 0 Å². The van der Waals surface area contributed by atoms with Crippen molar-refractivity contribution in [3.8, 4) is 0 Å². The van der Waals surface area contributed by atoms with Crippen molar-refractivity contribution in [2.75, 3.05) is 6.54 Å². The van der Waals surface area contributed by atoms with E-state index < -0.39 is 6.09 Å². The van der Waals surface area contributed by atoms with Gasteiger partial charge >= 0.3 is 12.1 Å². The fourth-order valence-corrected chi connectivity index (χ4v) is 1.99. The summed E-state index contributed by atoms with van der Waals surface area (Å²) in [6.07, 6.45) is 0.980. The van der Waals surface area contributed by atoms with Crippen molar-refractivity contribution in [3.05, 3.63) is 30.1 Å². The third-order valence-corrected chi connectivity index (χ3v) is 2.98. The number of rotatable bonds is 5. The van der Waals surface area contributed by atoms with E-state index in [1.54, 1.807) is 12.1 Å². The zero-order valence-corrected chi connectivity index (χ0v) is 11.8. The molecule has 2 aromatic rings. The van der Waals surface area contributed by atoms with Gasteiger partial charge in [-0.25, -0.2) is 19.1 Å². The van der Waals surface area contributed by atoms with E-state index in [2.05, 4.69) is 10.3 Å². The Bertz CT molecular complexity index is 651. The summed E-state index contributed by atoms with van der Waals surface area (Å²) in [6, 6.07) is 6.93. The molecule has 1 aromatic carbocycles. The Kier molecular flexibility index (Phi) is 4.76. The maximum absolute atomic E-state index is 12.3. The molecule has 1 heterocycles. The summed E-state index contributed by atoms with van der Waals surface area (Å²) >= 11 is 0. The Balaban J connectivity index is 2.30. The maximum atomic E-state index is 12.3. The molecule has 0 fully saturated rings. The van der Waals surface area contributed by atoms with Crippen molar-refractivity contribution in [2.45, 2.75) is 26.4 Å². The molecule has 2 amide bonds. The Labute approximate surface area is 122 Å². The van der Waals surface area contributed by atoms with Crippen LogP contribution in [0.15, 0.2) is 24.3 Å². The molecule has 7 heteroatoms. The minimum absolute atomic E-state index is 0.148. The standard InChI is InChI=1S/C14H18N4O3/c1-2-3-8-16-14(20)18-11-7-5-4-6-10(11)17-12(18)9-21-13(15)19/h4-7H,2-3,8-9H2,1H3,(H2,15,19)(H,16,20). The molecule has 0 saturated heterocycles. The number of nitrogens with one attached hydrogen (secondary N) is 1. The third-order valence-electron chi connectivity index (χ3n) is 2.98. The summed E-state index contributed by atoms with van der Waals surface area (Å²) in [5.41, 5.74) is 6.28. The van der Waals surface area contributed by atoms with Crippen LogP contribution in [-0.4, -0.2) is 28.2 Å². The SMILES string of the molecule is CCCCNC(=O)n1c(COC(N)=O)nc2ccccc21. The summed E-state index contributed by atoms with van der Waals surface area (Å²) in [5.74, 6) is 0.337. The lowest BCUT2D eigenvalue weighted by Crippen LogP contribution is -2.31. The van der Waals surface area contributed by atoms with Gasteiger partial charge in [0.2, 0.25) is 0 Å². The third kappa shape index (κ3) is 3.50. The number of imidazole rings is 1. The van der Waals surface area contributed by atoms with Gasteiger partial charge in [0.25, 0.3) is 0 Å². The number of aromatic nitrogens is 2. The van der Waals surface area contributed by atoms with E-state index in [9.17, 15) is 9.59 Å². The van der Waals surface area contributed by atoms with Crippen LogP contribution in [0.4, 0.5) is 9.59 Å². The van der Waals surface area contributed by atoms with Crippen LogP contribution in [0.2, 0.25) is 0 Å². The second kappa shape index (κ2) is 6.74. The number of hydrogen-bond acceptors (Lipinski definition) is 4. The smallest absolute Gasteiger partial charge is 0.404 e. The van der Waals surface area contributed by atoms with Crippen molar-refractivity contribution in [3.63, 3.8) is 0 Å². The fraction of sp³-hybridized carbons (Fsp3) is 0.357. The molecule has 0 saturated carbocycles. The number of nitrogens with two attached hydrogens (primary N) is 1. The number of unbranched alkanes of at least 4 members (excludes halogenated alkanes) is 1. The molecule has 0 aliphatic rings. The Hall–Kier alpha value is -2.57. The minimum atomic E-state index is -0.903. The first-order valence-corrected chi connectivity index (χ1v) is 6.80. The number of para-hydroxylation sites is 2. The van der Waals surface area contributed by atoms with Gasteiger partial charge in [-0.3, -0.25) is 0 Å². The van der Waals surface area contributed by atoms with Crippen LogP contribution in [0.3, 0.4) is 0 Å². The lowest BCUT2D eigenvalue weighted by atomic mass is 10.3. The summed E-state index contributed by atoms with van der Waals surface area (Å²) < 4.78 is 6.16. The number of hydrogen-bond donors (Lipinski definition) is 2. The van der Waals surface area contributed by atoms with Gasteiger partial charge in [-0.15, -0.1) is 0 Å². The molecular weight excluding hydrogens is 272 g/mol. The number of carbonyl (C=O) groups excluding carboxylic acids is 2. The van der Waals surface area contributed by atoms with Crippen LogP contribution in [0, 0.1) is 0 Å². The predicted molar refractivity (Wildman–Crippen MR) is 77.8 cm³/mol. The number of carbonyl (C=O) groups is 2. The first-order valence-electron chi connectivity index (χ1n) is 6.80. The highest BCUT2D eigenvalue weighted by molar-refractivity contribution is 5.90. The zero-order chi connectivity index (χ0) is 15.2. The molecule has 112 valence electrons. The van der Waals surface area contributed by atoms with E-state index in [1.165, 1.54) is 4.57 Å². The van der Waals surface area contributed by atoms with Gasteiger partial charge in [0.05, 0.1) is 11.0 Å². The number of nitrogens with zero attached hydrogens (tertiary/aromatic N) is 2. The fourth-order valence-electron chi connectivity index (χ4n) is 1.99. The van der Waals surface area contributed by atoms with Crippen LogP contribution in [0.5, 0.6) is 0 Å². The van der Waals surface area contributed by atoms with E-state index in [0.717, 1.165) is 12.8 Å². The molecule has 2 rings (SSSR count). The quantitative estimate of drug-likeness (QED) is 0.822. The van der Waals surface area contributed by atoms with Gasteiger partial charge in [-0.05, 0) is 18.6 Å². The molecule has 21 heavy (non-hydrogen) atoms. The van der Waals surface area contributed by atoms with Crippen LogP contribution in [-0.2, 0) is 11.3 Å². The molecule has 0 radical (unpaired) electrons. The van der Waals surface area contributed by atoms with Gasteiger partial charge in [0.1, 0.15) is 0 Å². The predicted octanol–water partition coefficient (Wildman–Crippen LogP) is 1.99. The average Bonchev–Trinajstić information content (AvgIpc) is 2.83. The molecule has 0 spiro atoms. The maximum Gasteiger partial charge on any atom is 0.404 e. The zero-order valence-electron chi connectivity index (χ0n) is 11.8. The summed E-state index contributed by atoms with van der Waals surface area (Å²) in [7, 11) is 0. The summed E-state index contributed by atoms with van der Waals surface area (Å²) in [6.45, 7) is 2.48. The van der Waals surface area contributed by atoms with Crippen molar-refractivity contribution < 1.29 is 14.3 Å². The number of fused-ring (bicyclic) bond motifs is 1. The van der Waals surface area contributed by atoms with Crippen molar-refractivity contribution in [2.24, 2.45) is 5.73 Å². The average molecular weight is 290 g/mol. The molecule has 0 aliphatic heterocycles. The van der Waals surface area contributed by atoms with Crippen molar-refractivity contribution in [1.29, 1.82) is 0 Å². The minimum Gasteiger partial charge on any atom is -0.442 e. The second-order valence-electron chi connectivity index (χ2n) is 4.55. The molecule has 7 nitrogen and oxygen atoms in total. The highest BCUT2D eigenvalue weighted by Crippen LogP contribution is 2.16. The van der Waals surface area contributed by atoms with Crippen LogP contribution in [0.1, 0.15) is 25.6 Å². The lowest BCUT2D eigenvalue weighted by Gasteiger charge is -2.09. The molecule has 0 aliphatic carbocycles. The first kappa shape index (κ1) is 14.8. The molecule has 3 N–H and O–H groups in total. The van der Waals surface area contributed by atoms with E-state index in [4.69, 9.17) is 10.5 Å². The molecule has 0 bridgehead atoms. The van der Waals surface area contributed by atoms with E-state index in [1.807, 2.05) is 19.1 Å². The largest absolute Gasteiger partial charge is 0.442 e. The van der Waals surface area contributed by atoms with Crippen molar-refractivity contribution in [1.82, 2.24) is 14.9 Å². The Morgan fingerprint density at radius 2 is 2.14 bits per heavy atom. The normalized spacial score (nSPS) is 10.5. The Morgan fingerprint density at radius 1 is 1.38 bits per heavy atom. The summed E-state index contributed by atoms with van der Waals surface area (Å²) in [4.78, 5) is 27.3. The van der Waals surface area contributed by atoms with Gasteiger partial charge in [0.15, 0.2) is 12.4 Å². The van der Waals surface area contributed by atoms with Gasteiger partial charge in [-0.2, -0.15) is 0 Å². The molecular formula is C14H18N4O3. The topological polar surface area (TPSA) is 99.2 Å². The van der Waals surface area contributed by atoms with Gasteiger partial charge < -0.3 is 15.8 Å². The molecule has 0 atom stereocenters. The first-order chi connectivity index (χ1) is 10.1. The van der Waals surface area contributed by atoms with Gasteiger partial charge in [-0.1, -0.05) is 25.5 Å². The number of amides is 2. The highest BCUT2D eigenvalue weighted by Gasteiger charge is 2.17. The molecule has 0 unspecified atom stereocenters. The second-order valence-corrected chi connectivity index (χ2v) is 4.55. The van der Waals surface area contributed by atoms with Crippen LogP contribution in [0.25, 0.3) is 11.0 Å². The van der Waals surface area contributed by atoms with E-state index in [0.29, 0.717) is 23.4 Å². The van der Waals surface area contributed by atoms with Crippen molar-refractivity contribution >= 4 is 23.2 Å². The number of primary amides is 1. The van der Waals surface area contributed by atoms with Crippen LogP contribution >= 0.6 is 0 Å². The number of benzene rings is 1. The lowest BCUT2D eigenvalue weighted by molar-refractivity contribution is 0.146. The highest BCUT2D eigenvalue weighted by atomic mass is 16.5. The monoisotopic (exact) mass is 290 g/mol. The Morgan fingerprint density at radius 3 is 2.86 bits per heavy atom. The number of ether oxygens (including phenoxy) is 1.